The number of hydrogen-bond donors (Lipinski definition) is 0. The molecular formula is C11H17N3. The minimum atomic E-state index is 0.919. The Morgan fingerprint density at radius 2 is 1.86 bits per heavy atom. The summed E-state index contributed by atoms with van der Waals surface area (Å²) >= 11 is 0. The Labute approximate surface area is 84.8 Å². The normalized spacial score (nSPS) is 9.71. The van der Waals surface area contributed by atoms with Crippen LogP contribution < -0.4 is 0 Å². The van der Waals surface area contributed by atoms with Gasteiger partial charge in [-0.05, 0) is 25.5 Å². The number of aryl methyl sites for hydroxylation is 2. The average molecular weight is 191 g/mol. The first-order valence-electron chi connectivity index (χ1n) is 4.96. The summed E-state index contributed by atoms with van der Waals surface area (Å²) in [5.41, 5.74) is 3.13. The first kappa shape index (κ1) is 10.7. The van der Waals surface area contributed by atoms with Crippen molar-refractivity contribution in [1.82, 2.24) is 14.6 Å². The van der Waals surface area contributed by atoms with E-state index in [0.717, 1.165) is 16.9 Å². The van der Waals surface area contributed by atoms with Crippen LogP contribution in [0.4, 0.5) is 0 Å². The van der Waals surface area contributed by atoms with Gasteiger partial charge in [-0.2, -0.15) is 5.10 Å². The third kappa shape index (κ3) is 2.31. The molecule has 2 aromatic rings. The quantitative estimate of drug-likeness (QED) is 0.641. The zero-order valence-corrected chi connectivity index (χ0v) is 9.28. The van der Waals surface area contributed by atoms with Crippen molar-refractivity contribution in [3.8, 4) is 0 Å². The smallest absolute Gasteiger partial charge is 0.154 e. The van der Waals surface area contributed by atoms with E-state index in [9.17, 15) is 0 Å². The first-order valence-corrected chi connectivity index (χ1v) is 4.96. The van der Waals surface area contributed by atoms with Crippen molar-refractivity contribution < 1.29 is 0 Å². The SMILES string of the molecule is CCC.Cc1cnn2c(C)cnc2c1. The molecule has 0 fully saturated rings. The number of nitrogens with zero attached hydrogens (tertiary/aromatic N) is 3. The Morgan fingerprint density at radius 3 is 2.50 bits per heavy atom. The third-order valence-electron chi connectivity index (χ3n) is 1.67. The summed E-state index contributed by atoms with van der Waals surface area (Å²) in [5.74, 6) is 0. The van der Waals surface area contributed by atoms with Crippen LogP contribution in [0.1, 0.15) is 31.5 Å². The molecule has 0 atom stereocenters. The largest absolute Gasteiger partial charge is 0.235 e. The van der Waals surface area contributed by atoms with Crippen molar-refractivity contribution in [2.24, 2.45) is 0 Å². The molecule has 3 nitrogen and oxygen atoms in total. The summed E-state index contributed by atoms with van der Waals surface area (Å²) in [4.78, 5) is 4.18. The van der Waals surface area contributed by atoms with Crippen molar-refractivity contribution >= 4 is 5.65 Å². The summed E-state index contributed by atoms with van der Waals surface area (Å²) in [6, 6.07) is 2.01. The molecule has 0 spiro atoms. The van der Waals surface area contributed by atoms with Gasteiger partial charge in [0.25, 0.3) is 0 Å². The van der Waals surface area contributed by atoms with E-state index in [1.807, 2.05) is 36.8 Å². The van der Waals surface area contributed by atoms with Crippen molar-refractivity contribution in [3.05, 3.63) is 29.7 Å². The molecule has 2 rings (SSSR count). The molecule has 2 heterocycles. The first-order chi connectivity index (χ1) is 6.69. The highest BCUT2D eigenvalue weighted by Crippen LogP contribution is 2.04. The van der Waals surface area contributed by atoms with Gasteiger partial charge < -0.3 is 0 Å². The van der Waals surface area contributed by atoms with Crippen LogP contribution in [0.5, 0.6) is 0 Å². The summed E-state index contributed by atoms with van der Waals surface area (Å²) in [6.07, 6.45) is 4.91. The minimum Gasteiger partial charge on any atom is -0.235 e. The van der Waals surface area contributed by atoms with E-state index in [-0.39, 0.29) is 0 Å². The molecule has 0 amide bonds. The van der Waals surface area contributed by atoms with Gasteiger partial charge in [0, 0.05) is 0 Å². The molecule has 0 unspecified atom stereocenters. The molecule has 0 aromatic carbocycles. The lowest BCUT2D eigenvalue weighted by Gasteiger charge is -1.94. The standard InChI is InChI=1S/C8H9N3.C3H8/c1-6-3-8-9-5-7(2)11(8)10-4-6;1-3-2/h3-5H,1-2H3;3H2,1-2H3. The monoisotopic (exact) mass is 191 g/mol. The van der Waals surface area contributed by atoms with Gasteiger partial charge in [-0.15, -0.1) is 0 Å². The second kappa shape index (κ2) is 4.74. The molecule has 3 heteroatoms. The van der Waals surface area contributed by atoms with E-state index in [1.54, 1.807) is 0 Å². The minimum absolute atomic E-state index is 0.919. The molecule has 0 bridgehead atoms. The van der Waals surface area contributed by atoms with Crippen LogP contribution in [0, 0.1) is 13.8 Å². The van der Waals surface area contributed by atoms with Crippen molar-refractivity contribution in [3.63, 3.8) is 0 Å². The summed E-state index contributed by atoms with van der Waals surface area (Å²) in [7, 11) is 0. The number of rotatable bonds is 0. The molecule has 0 aliphatic carbocycles. The molecule has 0 saturated heterocycles. The average Bonchev–Trinajstić information content (AvgIpc) is 2.49. The fourth-order valence-electron chi connectivity index (χ4n) is 1.09. The molecule has 2 aromatic heterocycles. The zero-order chi connectivity index (χ0) is 10.6. The Balaban J connectivity index is 0.000000293. The molecule has 0 aliphatic heterocycles. The molecule has 0 saturated carbocycles. The van der Waals surface area contributed by atoms with E-state index in [0.29, 0.717) is 0 Å². The van der Waals surface area contributed by atoms with Gasteiger partial charge in [-0.25, -0.2) is 9.50 Å². The van der Waals surface area contributed by atoms with Crippen LogP contribution in [-0.4, -0.2) is 14.6 Å². The number of aromatic nitrogens is 3. The Kier molecular flexibility index (Phi) is 3.63. The lowest BCUT2D eigenvalue weighted by Crippen LogP contribution is -1.92. The van der Waals surface area contributed by atoms with Crippen LogP contribution in [0.3, 0.4) is 0 Å². The van der Waals surface area contributed by atoms with E-state index >= 15 is 0 Å². The molecular weight excluding hydrogens is 174 g/mol. The predicted octanol–water partition coefficient (Wildman–Crippen LogP) is 2.76. The summed E-state index contributed by atoms with van der Waals surface area (Å²) < 4.78 is 1.83. The van der Waals surface area contributed by atoms with Gasteiger partial charge in [0.05, 0.1) is 18.1 Å². The topological polar surface area (TPSA) is 30.2 Å². The molecule has 76 valence electrons. The molecule has 0 aliphatic rings. The number of imidazole rings is 1. The Bertz CT molecular complexity index is 404. The highest BCUT2D eigenvalue weighted by molar-refractivity contribution is 5.40. The van der Waals surface area contributed by atoms with E-state index < -0.39 is 0 Å². The van der Waals surface area contributed by atoms with Crippen LogP contribution in [-0.2, 0) is 0 Å². The summed E-state index contributed by atoms with van der Waals surface area (Å²) in [5, 5.41) is 4.19. The van der Waals surface area contributed by atoms with Crippen molar-refractivity contribution in [2.45, 2.75) is 34.1 Å². The van der Waals surface area contributed by atoms with Gasteiger partial charge in [-0.1, -0.05) is 20.3 Å². The fraction of sp³-hybridized carbons (Fsp3) is 0.455. The number of fused-ring (bicyclic) bond motifs is 1. The maximum absolute atomic E-state index is 4.19. The second-order valence-corrected chi connectivity index (χ2v) is 3.41. The van der Waals surface area contributed by atoms with Crippen LogP contribution in [0.25, 0.3) is 5.65 Å². The van der Waals surface area contributed by atoms with E-state index in [1.165, 1.54) is 6.42 Å². The van der Waals surface area contributed by atoms with Gasteiger partial charge in [-0.3, -0.25) is 0 Å². The van der Waals surface area contributed by atoms with E-state index in [4.69, 9.17) is 0 Å². The molecule has 0 radical (unpaired) electrons. The van der Waals surface area contributed by atoms with Gasteiger partial charge in [0.15, 0.2) is 5.65 Å². The van der Waals surface area contributed by atoms with Crippen LogP contribution >= 0.6 is 0 Å². The van der Waals surface area contributed by atoms with Crippen molar-refractivity contribution in [2.75, 3.05) is 0 Å². The van der Waals surface area contributed by atoms with Gasteiger partial charge in [0.2, 0.25) is 0 Å². The lowest BCUT2D eigenvalue weighted by molar-refractivity contribution is 0.892. The van der Waals surface area contributed by atoms with E-state index in [2.05, 4.69) is 23.9 Å². The van der Waals surface area contributed by atoms with Gasteiger partial charge >= 0.3 is 0 Å². The van der Waals surface area contributed by atoms with Crippen molar-refractivity contribution in [1.29, 1.82) is 0 Å². The van der Waals surface area contributed by atoms with Gasteiger partial charge in [0.1, 0.15) is 0 Å². The number of hydrogen-bond acceptors (Lipinski definition) is 2. The maximum atomic E-state index is 4.19. The lowest BCUT2D eigenvalue weighted by atomic mass is 10.3. The van der Waals surface area contributed by atoms with Crippen LogP contribution in [0.15, 0.2) is 18.5 Å². The highest BCUT2D eigenvalue weighted by atomic mass is 15.2. The Hall–Kier alpha value is -1.38. The second-order valence-electron chi connectivity index (χ2n) is 3.41. The molecule has 14 heavy (non-hydrogen) atoms. The maximum Gasteiger partial charge on any atom is 0.154 e. The Morgan fingerprint density at radius 1 is 1.21 bits per heavy atom. The predicted molar refractivity (Wildman–Crippen MR) is 58.4 cm³/mol. The fourth-order valence-corrected chi connectivity index (χ4v) is 1.09. The van der Waals surface area contributed by atoms with Crippen LogP contribution in [0.2, 0.25) is 0 Å². The third-order valence-corrected chi connectivity index (χ3v) is 1.67. The zero-order valence-electron chi connectivity index (χ0n) is 9.28. The highest BCUT2D eigenvalue weighted by Gasteiger charge is 1.97. The summed E-state index contributed by atoms with van der Waals surface area (Å²) in [6.45, 7) is 8.25. The molecule has 0 N–H and O–H groups in total.